The highest BCUT2D eigenvalue weighted by molar-refractivity contribution is 9.10. The molecule has 22 heavy (non-hydrogen) atoms. The molecule has 0 bridgehead atoms. The largest absolute Gasteiger partial charge is 0.489 e. The second-order valence-electron chi connectivity index (χ2n) is 5.04. The monoisotopic (exact) mass is 380 g/mol. The van der Waals surface area contributed by atoms with Crippen molar-refractivity contribution in [2.75, 3.05) is 5.32 Å². The molecule has 0 amide bonds. The lowest BCUT2D eigenvalue weighted by atomic mass is 10.3. The first-order valence-corrected chi connectivity index (χ1v) is 8.42. The Morgan fingerprint density at radius 2 is 2.09 bits per heavy atom. The zero-order valence-electron chi connectivity index (χ0n) is 12.1. The number of benzene rings is 2. The maximum atomic E-state index is 13.5. The van der Waals surface area contributed by atoms with Gasteiger partial charge in [-0.2, -0.15) is 0 Å². The fraction of sp³-hybridized carbons (Fsp3) is 0.188. The Kier molecular flexibility index (Phi) is 4.31. The van der Waals surface area contributed by atoms with E-state index in [9.17, 15) is 4.39 Å². The van der Waals surface area contributed by atoms with Crippen molar-refractivity contribution in [3.8, 4) is 5.75 Å². The molecular weight excluding hydrogens is 367 g/mol. The molecule has 0 unspecified atom stereocenters. The molecule has 0 atom stereocenters. The Morgan fingerprint density at radius 3 is 2.82 bits per heavy atom. The Balaban J connectivity index is 1.97. The van der Waals surface area contributed by atoms with E-state index in [-0.39, 0.29) is 11.9 Å². The lowest BCUT2D eigenvalue weighted by Gasteiger charge is -2.14. The molecule has 0 aliphatic rings. The van der Waals surface area contributed by atoms with Crippen LogP contribution in [0.25, 0.3) is 10.2 Å². The second-order valence-corrected chi connectivity index (χ2v) is 6.89. The third kappa shape index (κ3) is 3.23. The van der Waals surface area contributed by atoms with Crippen LogP contribution in [0.15, 0.2) is 40.9 Å². The summed E-state index contributed by atoms with van der Waals surface area (Å²) >= 11 is 5.02. The molecule has 0 aliphatic carbocycles. The van der Waals surface area contributed by atoms with Crippen LogP contribution in [0.5, 0.6) is 5.75 Å². The van der Waals surface area contributed by atoms with Gasteiger partial charge in [0.2, 0.25) is 0 Å². The van der Waals surface area contributed by atoms with E-state index in [1.54, 1.807) is 6.07 Å². The molecular formula is C16H14BrFN2OS. The molecule has 3 aromatic rings. The lowest BCUT2D eigenvalue weighted by Crippen LogP contribution is -2.07. The Morgan fingerprint density at radius 1 is 1.27 bits per heavy atom. The van der Waals surface area contributed by atoms with Crippen molar-refractivity contribution < 1.29 is 9.13 Å². The average molecular weight is 381 g/mol. The summed E-state index contributed by atoms with van der Waals surface area (Å²) in [5.41, 5.74) is 1.47. The predicted octanol–water partition coefficient (Wildman–Crippen LogP) is 5.73. The van der Waals surface area contributed by atoms with Gasteiger partial charge in [0.25, 0.3) is 0 Å². The van der Waals surface area contributed by atoms with Crippen LogP contribution in [-0.4, -0.2) is 11.1 Å². The van der Waals surface area contributed by atoms with Crippen molar-refractivity contribution in [1.29, 1.82) is 0 Å². The zero-order chi connectivity index (χ0) is 15.7. The smallest absolute Gasteiger partial charge is 0.188 e. The molecule has 114 valence electrons. The third-order valence-electron chi connectivity index (χ3n) is 2.91. The maximum Gasteiger partial charge on any atom is 0.188 e. The summed E-state index contributed by atoms with van der Waals surface area (Å²) < 4.78 is 21.3. The van der Waals surface area contributed by atoms with Crippen molar-refractivity contribution in [3.05, 3.63) is 46.7 Å². The molecule has 1 heterocycles. The van der Waals surface area contributed by atoms with E-state index in [1.165, 1.54) is 23.5 Å². The standard InChI is InChI=1S/C16H14BrFN2OS/c1-9(2)21-14-7-6-10(18)8-13(14)20-16-19-12-5-3-4-11(17)15(12)22-16/h3-9H,1-2H3,(H,19,20). The van der Waals surface area contributed by atoms with E-state index < -0.39 is 0 Å². The van der Waals surface area contributed by atoms with Crippen LogP contribution in [0.2, 0.25) is 0 Å². The van der Waals surface area contributed by atoms with Gasteiger partial charge in [0.15, 0.2) is 5.13 Å². The van der Waals surface area contributed by atoms with Crippen molar-refractivity contribution >= 4 is 48.3 Å². The van der Waals surface area contributed by atoms with Crippen molar-refractivity contribution in [1.82, 2.24) is 4.98 Å². The van der Waals surface area contributed by atoms with Gasteiger partial charge in [-0.15, -0.1) is 0 Å². The van der Waals surface area contributed by atoms with E-state index in [4.69, 9.17) is 4.74 Å². The van der Waals surface area contributed by atoms with Gasteiger partial charge in [0.05, 0.1) is 22.0 Å². The number of hydrogen-bond acceptors (Lipinski definition) is 4. The zero-order valence-corrected chi connectivity index (χ0v) is 14.5. The summed E-state index contributed by atoms with van der Waals surface area (Å²) in [6.45, 7) is 3.86. The summed E-state index contributed by atoms with van der Waals surface area (Å²) in [6.07, 6.45) is 0.00974. The van der Waals surface area contributed by atoms with E-state index in [0.717, 1.165) is 14.7 Å². The highest BCUT2D eigenvalue weighted by Crippen LogP contribution is 2.36. The number of halogens is 2. The van der Waals surface area contributed by atoms with Crippen LogP contribution in [0.1, 0.15) is 13.8 Å². The Labute approximate surface area is 140 Å². The Hall–Kier alpha value is -1.66. The van der Waals surface area contributed by atoms with Gasteiger partial charge in [0.1, 0.15) is 11.6 Å². The molecule has 3 nitrogen and oxygen atoms in total. The fourth-order valence-electron chi connectivity index (χ4n) is 2.04. The number of ether oxygens (including phenoxy) is 1. The molecule has 6 heteroatoms. The molecule has 1 aromatic heterocycles. The molecule has 0 fully saturated rings. The van der Waals surface area contributed by atoms with Crippen molar-refractivity contribution in [2.24, 2.45) is 0 Å². The van der Waals surface area contributed by atoms with E-state index in [0.29, 0.717) is 16.6 Å². The third-order valence-corrected chi connectivity index (χ3v) is 4.86. The van der Waals surface area contributed by atoms with Crippen LogP contribution in [0, 0.1) is 5.82 Å². The number of hydrogen-bond donors (Lipinski definition) is 1. The minimum absolute atomic E-state index is 0.00974. The quantitative estimate of drug-likeness (QED) is 0.627. The van der Waals surface area contributed by atoms with Crippen LogP contribution in [-0.2, 0) is 0 Å². The summed E-state index contributed by atoms with van der Waals surface area (Å²) in [6, 6.07) is 10.3. The van der Waals surface area contributed by atoms with Gasteiger partial charge in [-0.05, 0) is 54.0 Å². The van der Waals surface area contributed by atoms with Crippen LogP contribution < -0.4 is 10.1 Å². The summed E-state index contributed by atoms with van der Waals surface area (Å²) in [5.74, 6) is 0.288. The molecule has 1 N–H and O–H groups in total. The van der Waals surface area contributed by atoms with E-state index in [1.807, 2.05) is 32.0 Å². The SMILES string of the molecule is CC(C)Oc1ccc(F)cc1Nc1nc2cccc(Br)c2s1. The highest BCUT2D eigenvalue weighted by Gasteiger charge is 2.11. The number of rotatable bonds is 4. The van der Waals surface area contributed by atoms with Crippen LogP contribution in [0.4, 0.5) is 15.2 Å². The predicted molar refractivity (Wildman–Crippen MR) is 92.8 cm³/mol. The van der Waals surface area contributed by atoms with E-state index in [2.05, 4.69) is 26.2 Å². The summed E-state index contributed by atoms with van der Waals surface area (Å²) in [7, 11) is 0. The topological polar surface area (TPSA) is 34.1 Å². The van der Waals surface area contributed by atoms with Gasteiger partial charge in [0, 0.05) is 10.5 Å². The number of anilines is 2. The first kappa shape index (κ1) is 15.2. The Bertz CT molecular complexity index is 819. The van der Waals surface area contributed by atoms with Crippen molar-refractivity contribution in [3.63, 3.8) is 0 Å². The lowest BCUT2D eigenvalue weighted by molar-refractivity contribution is 0.243. The summed E-state index contributed by atoms with van der Waals surface area (Å²) in [5, 5.41) is 3.85. The first-order valence-electron chi connectivity index (χ1n) is 6.81. The van der Waals surface area contributed by atoms with Crippen LogP contribution >= 0.6 is 27.3 Å². The molecule has 3 rings (SSSR count). The summed E-state index contributed by atoms with van der Waals surface area (Å²) in [4.78, 5) is 4.52. The van der Waals surface area contributed by atoms with Crippen molar-refractivity contribution in [2.45, 2.75) is 20.0 Å². The van der Waals surface area contributed by atoms with Gasteiger partial charge in [-0.3, -0.25) is 0 Å². The van der Waals surface area contributed by atoms with Crippen LogP contribution in [0.3, 0.4) is 0 Å². The molecule has 0 saturated carbocycles. The number of nitrogens with one attached hydrogen (secondary N) is 1. The van der Waals surface area contributed by atoms with Gasteiger partial charge in [-0.1, -0.05) is 17.4 Å². The molecule has 0 radical (unpaired) electrons. The van der Waals surface area contributed by atoms with E-state index >= 15 is 0 Å². The number of nitrogens with zero attached hydrogens (tertiary/aromatic N) is 1. The second kappa shape index (κ2) is 6.22. The fourth-order valence-corrected chi connectivity index (χ4v) is 3.52. The normalized spacial score (nSPS) is 11.1. The van der Waals surface area contributed by atoms with Gasteiger partial charge < -0.3 is 10.1 Å². The first-order chi connectivity index (χ1) is 10.5. The highest BCUT2D eigenvalue weighted by atomic mass is 79.9. The number of aromatic nitrogens is 1. The molecule has 0 spiro atoms. The molecule has 2 aromatic carbocycles. The average Bonchev–Trinajstić information content (AvgIpc) is 2.85. The maximum absolute atomic E-state index is 13.5. The molecule has 0 saturated heterocycles. The van der Waals surface area contributed by atoms with Gasteiger partial charge in [-0.25, -0.2) is 9.37 Å². The number of thiazole rings is 1. The molecule has 0 aliphatic heterocycles. The van der Waals surface area contributed by atoms with Gasteiger partial charge >= 0.3 is 0 Å². The minimum Gasteiger partial charge on any atom is -0.489 e. The minimum atomic E-state index is -0.319. The number of fused-ring (bicyclic) bond motifs is 1.